The molecule has 0 atom stereocenters. The number of benzene rings is 1. The molecule has 7 heteroatoms. The van der Waals surface area contributed by atoms with Gasteiger partial charge in [-0.05, 0) is 17.7 Å². The van der Waals surface area contributed by atoms with Crippen molar-refractivity contribution in [3.8, 4) is 0 Å². The van der Waals surface area contributed by atoms with E-state index in [9.17, 15) is 8.42 Å². The number of nitrogens with one attached hydrogen (secondary N) is 1. The molecule has 0 spiro atoms. The van der Waals surface area contributed by atoms with Crippen LogP contribution >= 0.6 is 0 Å². The second-order valence-corrected chi connectivity index (χ2v) is 6.26. The molecule has 0 aliphatic carbocycles. The van der Waals surface area contributed by atoms with Gasteiger partial charge in [0, 0.05) is 31.9 Å². The molecule has 6 nitrogen and oxygen atoms in total. The fourth-order valence-corrected chi connectivity index (χ4v) is 2.84. The Morgan fingerprint density at radius 1 is 1.26 bits per heavy atom. The molecule has 0 saturated heterocycles. The predicted octanol–water partition coefficient (Wildman–Crippen LogP) is 0.689. The summed E-state index contributed by atoms with van der Waals surface area (Å²) < 4.78 is 25.9. The lowest BCUT2D eigenvalue weighted by atomic mass is 10.2. The van der Waals surface area contributed by atoms with E-state index in [-0.39, 0.29) is 11.4 Å². The molecule has 2 rings (SSSR count). The molecule has 0 bridgehead atoms. The van der Waals surface area contributed by atoms with E-state index in [4.69, 9.17) is 5.73 Å². The first-order valence-electron chi connectivity index (χ1n) is 5.77. The van der Waals surface area contributed by atoms with Crippen LogP contribution in [0.2, 0.25) is 0 Å². The third-order valence-corrected chi connectivity index (χ3v) is 4.64. The van der Waals surface area contributed by atoms with Crippen LogP contribution in [0, 0.1) is 0 Å². The number of nitrogens with two attached hydrogens (primary N) is 1. The van der Waals surface area contributed by atoms with E-state index in [1.165, 1.54) is 4.31 Å². The molecular formula is C12H16N4O2S. The average Bonchev–Trinajstić information content (AvgIpc) is 2.91. The summed E-state index contributed by atoms with van der Waals surface area (Å²) in [6.45, 7) is 0.669. The van der Waals surface area contributed by atoms with E-state index >= 15 is 0 Å². The van der Waals surface area contributed by atoms with Gasteiger partial charge in [0.05, 0.1) is 11.1 Å². The predicted molar refractivity (Wildman–Crippen MR) is 71.6 cm³/mol. The summed E-state index contributed by atoms with van der Waals surface area (Å²) in [5, 5.41) is 6.45. The highest BCUT2D eigenvalue weighted by molar-refractivity contribution is 7.89. The van der Waals surface area contributed by atoms with Gasteiger partial charge in [-0.1, -0.05) is 12.1 Å². The zero-order chi connectivity index (χ0) is 13.9. The first kappa shape index (κ1) is 13.7. The molecule has 1 aromatic heterocycles. The molecular weight excluding hydrogens is 264 g/mol. The summed E-state index contributed by atoms with van der Waals surface area (Å²) in [7, 11) is -1.95. The standard InChI is InChI=1S/C12H16N4O2S/c1-16(9-11-7-14-15-8-11)19(17,18)12-4-2-10(6-13)3-5-12/h2-5,7-8H,6,9,13H2,1H3,(H,14,15). The molecule has 0 aliphatic rings. The molecule has 19 heavy (non-hydrogen) atoms. The lowest BCUT2D eigenvalue weighted by Crippen LogP contribution is -2.26. The topological polar surface area (TPSA) is 92.1 Å². The van der Waals surface area contributed by atoms with Crippen molar-refractivity contribution in [3.05, 3.63) is 47.8 Å². The van der Waals surface area contributed by atoms with Gasteiger partial charge in [0.15, 0.2) is 0 Å². The van der Waals surface area contributed by atoms with Crippen LogP contribution in [0.1, 0.15) is 11.1 Å². The Labute approximate surface area is 112 Å². The Kier molecular flexibility index (Phi) is 3.98. The van der Waals surface area contributed by atoms with Crippen LogP contribution in [0.25, 0.3) is 0 Å². The van der Waals surface area contributed by atoms with Crippen molar-refractivity contribution in [1.82, 2.24) is 14.5 Å². The van der Waals surface area contributed by atoms with E-state index in [0.717, 1.165) is 11.1 Å². The second-order valence-electron chi connectivity index (χ2n) is 4.22. The maximum absolute atomic E-state index is 12.3. The third-order valence-electron chi connectivity index (χ3n) is 2.83. The maximum Gasteiger partial charge on any atom is 0.243 e. The van der Waals surface area contributed by atoms with Crippen molar-refractivity contribution in [2.24, 2.45) is 5.73 Å². The minimum Gasteiger partial charge on any atom is -0.326 e. The first-order valence-corrected chi connectivity index (χ1v) is 7.21. The number of nitrogens with zero attached hydrogens (tertiary/aromatic N) is 2. The van der Waals surface area contributed by atoms with Crippen LogP contribution in [0.3, 0.4) is 0 Å². The molecule has 0 aliphatic heterocycles. The van der Waals surface area contributed by atoms with Gasteiger partial charge in [-0.3, -0.25) is 5.10 Å². The monoisotopic (exact) mass is 280 g/mol. The fourth-order valence-electron chi connectivity index (χ4n) is 1.68. The Morgan fingerprint density at radius 2 is 1.95 bits per heavy atom. The van der Waals surface area contributed by atoms with Crippen LogP contribution in [-0.4, -0.2) is 30.0 Å². The zero-order valence-corrected chi connectivity index (χ0v) is 11.4. The Morgan fingerprint density at radius 3 is 2.47 bits per heavy atom. The zero-order valence-electron chi connectivity index (χ0n) is 10.6. The summed E-state index contributed by atoms with van der Waals surface area (Å²) >= 11 is 0. The van der Waals surface area contributed by atoms with Gasteiger partial charge in [0.25, 0.3) is 0 Å². The minimum absolute atomic E-state index is 0.260. The highest BCUT2D eigenvalue weighted by atomic mass is 32.2. The van der Waals surface area contributed by atoms with Gasteiger partial charge >= 0.3 is 0 Å². The van der Waals surface area contributed by atoms with Crippen molar-refractivity contribution in [1.29, 1.82) is 0 Å². The number of aromatic amines is 1. The van der Waals surface area contributed by atoms with Crippen molar-refractivity contribution in [3.63, 3.8) is 0 Å². The minimum atomic E-state index is -3.49. The lowest BCUT2D eigenvalue weighted by molar-refractivity contribution is 0.467. The van der Waals surface area contributed by atoms with Crippen LogP contribution in [0.5, 0.6) is 0 Å². The Hall–Kier alpha value is -1.70. The van der Waals surface area contributed by atoms with Crippen LogP contribution < -0.4 is 5.73 Å². The second kappa shape index (κ2) is 5.52. The van der Waals surface area contributed by atoms with Gasteiger partial charge < -0.3 is 5.73 Å². The van der Waals surface area contributed by atoms with Gasteiger partial charge in [-0.15, -0.1) is 0 Å². The molecule has 3 N–H and O–H groups in total. The molecule has 0 unspecified atom stereocenters. The van der Waals surface area contributed by atoms with E-state index < -0.39 is 10.0 Å². The lowest BCUT2D eigenvalue weighted by Gasteiger charge is -2.16. The molecule has 2 aromatic rings. The molecule has 0 saturated carbocycles. The summed E-state index contributed by atoms with van der Waals surface area (Å²) in [5.74, 6) is 0. The maximum atomic E-state index is 12.3. The summed E-state index contributed by atoms with van der Waals surface area (Å²) in [6.07, 6.45) is 3.27. The summed E-state index contributed by atoms with van der Waals surface area (Å²) in [5.41, 5.74) is 7.20. The summed E-state index contributed by atoms with van der Waals surface area (Å²) in [6, 6.07) is 6.59. The number of hydrogen-bond donors (Lipinski definition) is 2. The first-order chi connectivity index (χ1) is 9.04. The number of hydrogen-bond acceptors (Lipinski definition) is 4. The number of aromatic nitrogens is 2. The number of sulfonamides is 1. The Bertz CT molecular complexity index is 620. The van der Waals surface area contributed by atoms with E-state index in [1.54, 1.807) is 43.7 Å². The van der Waals surface area contributed by atoms with Gasteiger partial charge in [-0.2, -0.15) is 9.40 Å². The highest BCUT2D eigenvalue weighted by Crippen LogP contribution is 2.17. The Balaban J connectivity index is 2.20. The summed E-state index contributed by atoms with van der Waals surface area (Å²) in [4.78, 5) is 0.260. The molecule has 0 radical (unpaired) electrons. The number of rotatable bonds is 5. The highest BCUT2D eigenvalue weighted by Gasteiger charge is 2.20. The largest absolute Gasteiger partial charge is 0.326 e. The average molecular weight is 280 g/mol. The van der Waals surface area contributed by atoms with E-state index in [1.807, 2.05) is 0 Å². The van der Waals surface area contributed by atoms with Gasteiger partial charge in [-0.25, -0.2) is 8.42 Å². The van der Waals surface area contributed by atoms with E-state index in [2.05, 4.69) is 10.2 Å². The SMILES string of the molecule is CN(Cc1cn[nH]c1)S(=O)(=O)c1ccc(CN)cc1. The van der Waals surface area contributed by atoms with Gasteiger partial charge in [0.2, 0.25) is 10.0 Å². The quantitative estimate of drug-likeness (QED) is 0.842. The van der Waals surface area contributed by atoms with Crippen molar-refractivity contribution < 1.29 is 8.42 Å². The van der Waals surface area contributed by atoms with Crippen LogP contribution in [0.4, 0.5) is 0 Å². The normalized spacial score (nSPS) is 11.9. The third kappa shape index (κ3) is 3.01. The molecule has 0 fully saturated rings. The van der Waals surface area contributed by atoms with Crippen molar-refractivity contribution in [2.45, 2.75) is 18.0 Å². The number of H-pyrrole nitrogens is 1. The molecule has 1 heterocycles. The van der Waals surface area contributed by atoms with Gasteiger partial charge in [0.1, 0.15) is 0 Å². The van der Waals surface area contributed by atoms with Crippen LogP contribution in [0.15, 0.2) is 41.6 Å². The van der Waals surface area contributed by atoms with Crippen molar-refractivity contribution >= 4 is 10.0 Å². The fraction of sp³-hybridized carbons (Fsp3) is 0.250. The van der Waals surface area contributed by atoms with Crippen molar-refractivity contribution in [2.75, 3.05) is 7.05 Å². The molecule has 0 amide bonds. The smallest absolute Gasteiger partial charge is 0.243 e. The molecule has 1 aromatic carbocycles. The van der Waals surface area contributed by atoms with Crippen LogP contribution in [-0.2, 0) is 23.1 Å². The van der Waals surface area contributed by atoms with E-state index in [0.29, 0.717) is 6.54 Å². The molecule has 102 valence electrons.